The zero-order valence-electron chi connectivity index (χ0n) is 12.7. The van der Waals surface area contributed by atoms with Crippen LogP contribution < -0.4 is 15.2 Å². The number of nitrogens with two attached hydrogens (primary N) is 1. The van der Waals surface area contributed by atoms with Gasteiger partial charge in [-0.05, 0) is 35.4 Å². The zero-order chi connectivity index (χ0) is 15.5. The first-order valence-corrected chi connectivity index (χ1v) is 7.11. The lowest BCUT2D eigenvalue weighted by Gasteiger charge is -2.08. The molecule has 2 heterocycles. The fourth-order valence-corrected chi connectivity index (χ4v) is 2.49. The van der Waals surface area contributed by atoms with Crippen LogP contribution in [0.1, 0.15) is 16.8 Å². The number of fused-ring (bicyclic) bond motifs is 1. The molecule has 5 nitrogen and oxygen atoms in total. The van der Waals surface area contributed by atoms with Crippen molar-refractivity contribution in [2.24, 2.45) is 5.73 Å². The first kappa shape index (κ1) is 14.4. The normalized spacial score (nSPS) is 10.9. The Morgan fingerprint density at radius 3 is 2.59 bits per heavy atom. The smallest absolute Gasteiger partial charge is 0.160 e. The van der Waals surface area contributed by atoms with Crippen molar-refractivity contribution in [1.82, 2.24) is 9.38 Å². The molecule has 0 unspecified atom stereocenters. The van der Waals surface area contributed by atoms with E-state index in [9.17, 15) is 0 Å². The Balaban J connectivity index is 1.89. The Bertz CT molecular complexity index is 796. The van der Waals surface area contributed by atoms with Crippen molar-refractivity contribution in [1.29, 1.82) is 0 Å². The van der Waals surface area contributed by atoms with Crippen LogP contribution in [-0.4, -0.2) is 23.6 Å². The Morgan fingerprint density at radius 1 is 1.05 bits per heavy atom. The third-order valence-corrected chi connectivity index (χ3v) is 3.64. The summed E-state index contributed by atoms with van der Waals surface area (Å²) in [5, 5.41) is 0. The molecule has 0 aliphatic rings. The van der Waals surface area contributed by atoms with Gasteiger partial charge in [0.05, 0.1) is 19.9 Å². The van der Waals surface area contributed by atoms with Crippen LogP contribution in [-0.2, 0) is 13.0 Å². The highest BCUT2D eigenvalue weighted by atomic mass is 16.5. The molecule has 22 heavy (non-hydrogen) atoms. The molecular formula is C17H19N3O2. The number of nitrogens with zero attached hydrogens (tertiary/aromatic N) is 2. The van der Waals surface area contributed by atoms with E-state index in [0.29, 0.717) is 6.54 Å². The molecule has 0 aliphatic carbocycles. The number of ether oxygens (including phenoxy) is 2. The van der Waals surface area contributed by atoms with E-state index in [1.807, 2.05) is 47.1 Å². The van der Waals surface area contributed by atoms with Gasteiger partial charge in [0.15, 0.2) is 11.5 Å². The third kappa shape index (κ3) is 2.76. The van der Waals surface area contributed by atoms with E-state index in [-0.39, 0.29) is 0 Å². The van der Waals surface area contributed by atoms with Gasteiger partial charge in [0, 0.05) is 25.4 Å². The van der Waals surface area contributed by atoms with Gasteiger partial charge in [-0.2, -0.15) is 0 Å². The summed E-state index contributed by atoms with van der Waals surface area (Å²) in [5.74, 6) is 1.46. The van der Waals surface area contributed by atoms with Crippen LogP contribution in [0, 0.1) is 0 Å². The number of benzene rings is 1. The monoisotopic (exact) mass is 297 g/mol. The molecule has 0 fully saturated rings. The van der Waals surface area contributed by atoms with Crippen molar-refractivity contribution in [2.75, 3.05) is 14.2 Å². The van der Waals surface area contributed by atoms with Crippen LogP contribution in [0.15, 0.2) is 42.7 Å². The van der Waals surface area contributed by atoms with Crippen LogP contribution >= 0.6 is 0 Å². The van der Waals surface area contributed by atoms with Gasteiger partial charge in [-0.1, -0.05) is 6.07 Å². The van der Waals surface area contributed by atoms with Crippen LogP contribution in [0.3, 0.4) is 0 Å². The van der Waals surface area contributed by atoms with Crippen molar-refractivity contribution in [2.45, 2.75) is 13.0 Å². The maximum Gasteiger partial charge on any atom is 0.160 e. The van der Waals surface area contributed by atoms with Crippen molar-refractivity contribution < 1.29 is 9.47 Å². The SMILES string of the molecule is COc1ccc(Cc2cn3ccc(CN)cc3n2)cc1OC. The Labute approximate surface area is 129 Å². The predicted octanol–water partition coefficient (Wildman–Crippen LogP) is 2.40. The number of hydrogen-bond donors (Lipinski definition) is 1. The standard InChI is InChI=1S/C17H19N3O2/c1-21-15-4-3-12(8-16(15)22-2)7-14-11-20-6-5-13(10-18)9-17(20)19-14/h3-6,8-9,11H,7,10,18H2,1-2H3. The van der Waals surface area contributed by atoms with Gasteiger partial charge < -0.3 is 19.6 Å². The topological polar surface area (TPSA) is 61.8 Å². The number of hydrogen-bond acceptors (Lipinski definition) is 4. The van der Waals surface area contributed by atoms with Gasteiger partial charge in [-0.15, -0.1) is 0 Å². The maximum atomic E-state index is 5.67. The lowest BCUT2D eigenvalue weighted by Crippen LogP contribution is -1.96. The van der Waals surface area contributed by atoms with Crippen LogP contribution in [0.4, 0.5) is 0 Å². The van der Waals surface area contributed by atoms with E-state index in [4.69, 9.17) is 15.2 Å². The Morgan fingerprint density at radius 2 is 1.86 bits per heavy atom. The molecule has 0 saturated heterocycles. The van der Waals surface area contributed by atoms with Crippen molar-refractivity contribution in [3.05, 3.63) is 59.5 Å². The highest BCUT2D eigenvalue weighted by Gasteiger charge is 2.08. The van der Waals surface area contributed by atoms with E-state index >= 15 is 0 Å². The van der Waals surface area contributed by atoms with Crippen LogP contribution in [0.5, 0.6) is 11.5 Å². The van der Waals surface area contributed by atoms with Gasteiger partial charge in [0.2, 0.25) is 0 Å². The van der Waals surface area contributed by atoms with E-state index in [2.05, 4.69) is 4.98 Å². The molecule has 0 bridgehead atoms. The maximum absolute atomic E-state index is 5.67. The summed E-state index contributed by atoms with van der Waals surface area (Å²) in [5.41, 5.74) is 9.79. The molecule has 3 aromatic rings. The highest BCUT2D eigenvalue weighted by molar-refractivity contribution is 5.46. The lowest BCUT2D eigenvalue weighted by molar-refractivity contribution is 0.354. The summed E-state index contributed by atoms with van der Waals surface area (Å²) in [4.78, 5) is 4.65. The minimum absolute atomic E-state index is 0.522. The van der Waals surface area contributed by atoms with Crippen LogP contribution in [0.25, 0.3) is 5.65 Å². The first-order chi connectivity index (χ1) is 10.7. The summed E-state index contributed by atoms with van der Waals surface area (Å²) in [6.45, 7) is 0.522. The van der Waals surface area contributed by atoms with Gasteiger partial charge >= 0.3 is 0 Å². The molecule has 0 aliphatic heterocycles. The largest absolute Gasteiger partial charge is 0.493 e. The van der Waals surface area contributed by atoms with Gasteiger partial charge in [0.25, 0.3) is 0 Å². The molecule has 0 spiro atoms. The summed E-state index contributed by atoms with van der Waals surface area (Å²) >= 11 is 0. The van der Waals surface area contributed by atoms with E-state index in [1.165, 1.54) is 0 Å². The summed E-state index contributed by atoms with van der Waals surface area (Å²) in [6, 6.07) is 9.94. The molecule has 1 aromatic carbocycles. The molecular weight excluding hydrogens is 278 g/mol. The molecule has 2 N–H and O–H groups in total. The Hall–Kier alpha value is -2.53. The summed E-state index contributed by atoms with van der Waals surface area (Å²) in [7, 11) is 3.27. The molecule has 3 rings (SSSR count). The molecule has 2 aromatic heterocycles. The summed E-state index contributed by atoms with van der Waals surface area (Å²) < 4.78 is 12.6. The molecule has 5 heteroatoms. The van der Waals surface area contributed by atoms with Crippen molar-refractivity contribution in [3.63, 3.8) is 0 Å². The van der Waals surface area contributed by atoms with Gasteiger partial charge in [-0.3, -0.25) is 0 Å². The molecule has 114 valence electrons. The number of imidazole rings is 1. The molecule has 0 radical (unpaired) electrons. The average Bonchev–Trinajstić information content (AvgIpc) is 2.95. The van der Waals surface area contributed by atoms with Crippen molar-refractivity contribution >= 4 is 5.65 Å². The fourth-order valence-electron chi connectivity index (χ4n) is 2.49. The average molecular weight is 297 g/mol. The number of methoxy groups -OCH3 is 2. The predicted molar refractivity (Wildman–Crippen MR) is 85.4 cm³/mol. The molecule has 0 amide bonds. The second-order valence-electron chi connectivity index (χ2n) is 5.10. The Kier molecular flexibility index (Phi) is 3.98. The minimum Gasteiger partial charge on any atom is -0.493 e. The van der Waals surface area contributed by atoms with E-state index < -0.39 is 0 Å². The highest BCUT2D eigenvalue weighted by Crippen LogP contribution is 2.28. The first-order valence-electron chi connectivity index (χ1n) is 7.11. The van der Waals surface area contributed by atoms with Crippen LogP contribution in [0.2, 0.25) is 0 Å². The van der Waals surface area contributed by atoms with Gasteiger partial charge in [0.1, 0.15) is 5.65 Å². The zero-order valence-corrected chi connectivity index (χ0v) is 12.7. The van der Waals surface area contributed by atoms with Gasteiger partial charge in [-0.25, -0.2) is 4.98 Å². The second-order valence-corrected chi connectivity index (χ2v) is 5.10. The third-order valence-electron chi connectivity index (χ3n) is 3.64. The number of aromatic nitrogens is 2. The quantitative estimate of drug-likeness (QED) is 0.785. The van der Waals surface area contributed by atoms with Crippen molar-refractivity contribution in [3.8, 4) is 11.5 Å². The number of rotatable bonds is 5. The lowest BCUT2D eigenvalue weighted by atomic mass is 10.1. The summed E-state index contributed by atoms with van der Waals surface area (Å²) in [6.07, 6.45) is 4.76. The molecule has 0 atom stereocenters. The second kappa shape index (κ2) is 6.07. The number of pyridine rings is 1. The molecule has 0 saturated carbocycles. The van der Waals surface area contributed by atoms with E-state index in [0.717, 1.165) is 40.4 Å². The fraction of sp³-hybridized carbons (Fsp3) is 0.235. The minimum atomic E-state index is 0.522. The van der Waals surface area contributed by atoms with E-state index in [1.54, 1.807) is 14.2 Å².